The molecule has 1 aromatic heterocycles. The number of nitrogens with one attached hydrogen (secondary N) is 1. The number of rotatable bonds is 5. The molecule has 6 nitrogen and oxygen atoms in total. The van der Waals surface area contributed by atoms with Crippen molar-refractivity contribution in [1.82, 2.24) is 9.78 Å². The Bertz CT molecular complexity index is 978. The molecule has 0 aliphatic rings. The maximum absolute atomic E-state index is 12.4. The predicted octanol–water partition coefficient (Wildman–Crippen LogP) is 2.86. The van der Waals surface area contributed by atoms with Gasteiger partial charge in [0.05, 0.1) is 13.7 Å². The van der Waals surface area contributed by atoms with Gasteiger partial charge in [0, 0.05) is 11.8 Å². The third-order valence-corrected chi connectivity index (χ3v) is 3.86. The average molecular weight is 349 g/mol. The van der Waals surface area contributed by atoms with Crippen LogP contribution in [0.1, 0.15) is 21.6 Å². The van der Waals surface area contributed by atoms with Crippen LogP contribution in [0.2, 0.25) is 0 Å². The van der Waals surface area contributed by atoms with Gasteiger partial charge < -0.3 is 10.1 Å². The number of hydrogen-bond donors (Lipinski definition) is 1. The first-order valence-electron chi connectivity index (χ1n) is 8.14. The molecule has 0 aliphatic heterocycles. The lowest BCUT2D eigenvalue weighted by Gasteiger charge is -2.09. The molecule has 1 amide bonds. The average Bonchev–Trinajstić information content (AvgIpc) is 2.64. The van der Waals surface area contributed by atoms with Crippen molar-refractivity contribution in [2.45, 2.75) is 13.5 Å². The van der Waals surface area contributed by atoms with Crippen molar-refractivity contribution < 1.29 is 9.53 Å². The summed E-state index contributed by atoms with van der Waals surface area (Å²) in [6.07, 6.45) is 0. The summed E-state index contributed by atoms with van der Waals surface area (Å²) in [6.45, 7) is 2.29. The van der Waals surface area contributed by atoms with E-state index in [9.17, 15) is 9.59 Å². The molecular weight excluding hydrogens is 330 g/mol. The Labute approximate surface area is 151 Å². The van der Waals surface area contributed by atoms with Gasteiger partial charge in [-0.2, -0.15) is 5.10 Å². The van der Waals surface area contributed by atoms with Gasteiger partial charge in [-0.1, -0.05) is 29.8 Å². The van der Waals surface area contributed by atoms with Crippen LogP contribution in [-0.4, -0.2) is 22.8 Å². The van der Waals surface area contributed by atoms with E-state index in [1.807, 2.05) is 31.2 Å². The maximum atomic E-state index is 12.4. The third kappa shape index (κ3) is 4.16. The number of amides is 1. The highest BCUT2D eigenvalue weighted by Crippen LogP contribution is 2.15. The molecular formula is C20H19N3O3. The fourth-order valence-electron chi connectivity index (χ4n) is 2.54. The molecule has 0 spiro atoms. The van der Waals surface area contributed by atoms with E-state index in [1.165, 1.54) is 16.8 Å². The van der Waals surface area contributed by atoms with Gasteiger partial charge >= 0.3 is 0 Å². The first-order valence-corrected chi connectivity index (χ1v) is 8.14. The van der Waals surface area contributed by atoms with Crippen LogP contribution in [-0.2, 0) is 6.54 Å². The maximum Gasteiger partial charge on any atom is 0.276 e. The molecule has 132 valence electrons. The van der Waals surface area contributed by atoms with Crippen LogP contribution in [0.25, 0.3) is 0 Å². The lowest BCUT2D eigenvalue weighted by molar-refractivity contribution is 0.102. The van der Waals surface area contributed by atoms with Crippen LogP contribution in [0.4, 0.5) is 5.69 Å². The summed E-state index contributed by atoms with van der Waals surface area (Å²) in [7, 11) is 1.58. The zero-order valence-electron chi connectivity index (χ0n) is 14.6. The van der Waals surface area contributed by atoms with Crippen molar-refractivity contribution in [2.24, 2.45) is 0 Å². The third-order valence-electron chi connectivity index (χ3n) is 3.86. The van der Waals surface area contributed by atoms with E-state index in [4.69, 9.17) is 4.74 Å². The van der Waals surface area contributed by atoms with Crippen LogP contribution >= 0.6 is 0 Å². The molecule has 0 bridgehead atoms. The number of aryl methyl sites for hydroxylation is 1. The zero-order valence-corrected chi connectivity index (χ0v) is 14.6. The lowest BCUT2D eigenvalue weighted by atomic mass is 10.1. The van der Waals surface area contributed by atoms with Crippen LogP contribution < -0.4 is 15.6 Å². The first-order chi connectivity index (χ1) is 12.5. The quantitative estimate of drug-likeness (QED) is 0.769. The standard InChI is InChI=1S/C20H19N3O3/c1-14-4-3-5-15(12-14)13-23-19(24)11-10-18(22-23)20(25)21-16-6-8-17(26-2)9-7-16/h3-12H,13H2,1-2H3,(H,21,25). The molecule has 0 fully saturated rings. The largest absolute Gasteiger partial charge is 0.497 e. The number of carbonyl (C=O) groups excluding carboxylic acids is 1. The van der Waals surface area contributed by atoms with Crippen LogP contribution in [0.5, 0.6) is 5.75 Å². The van der Waals surface area contributed by atoms with Gasteiger partial charge in [0.1, 0.15) is 11.4 Å². The molecule has 0 unspecified atom stereocenters. The minimum Gasteiger partial charge on any atom is -0.497 e. The monoisotopic (exact) mass is 349 g/mol. The predicted molar refractivity (Wildman–Crippen MR) is 99.7 cm³/mol. The second-order valence-electron chi connectivity index (χ2n) is 5.89. The van der Waals surface area contributed by atoms with Crippen LogP contribution in [0, 0.1) is 6.92 Å². The number of carbonyl (C=O) groups is 1. The molecule has 1 heterocycles. The smallest absolute Gasteiger partial charge is 0.276 e. The summed E-state index contributed by atoms with van der Waals surface area (Å²) < 4.78 is 6.38. The van der Waals surface area contributed by atoms with Gasteiger partial charge in [-0.25, -0.2) is 4.68 Å². The molecule has 1 N–H and O–H groups in total. The summed E-state index contributed by atoms with van der Waals surface area (Å²) in [5, 5.41) is 6.95. The van der Waals surface area contributed by atoms with Gasteiger partial charge in [0.15, 0.2) is 0 Å². The van der Waals surface area contributed by atoms with E-state index in [0.717, 1.165) is 11.1 Å². The summed E-state index contributed by atoms with van der Waals surface area (Å²) in [5.41, 5.74) is 2.59. The first kappa shape index (κ1) is 17.4. The number of aromatic nitrogens is 2. The topological polar surface area (TPSA) is 73.2 Å². The van der Waals surface area contributed by atoms with E-state index in [2.05, 4.69) is 10.4 Å². The highest BCUT2D eigenvalue weighted by molar-refractivity contribution is 6.02. The molecule has 3 aromatic rings. The Kier molecular flexibility index (Phi) is 5.12. The van der Waals surface area contributed by atoms with Crippen molar-refractivity contribution >= 4 is 11.6 Å². The van der Waals surface area contributed by atoms with E-state index < -0.39 is 0 Å². The Hall–Kier alpha value is -3.41. The van der Waals surface area contributed by atoms with Crippen molar-refractivity contribution in [2.75, 3.05) is 12.4 Å². The number of nitrogens with zero attached hydrogens (tertiary/aromatic N) is 2. The number of benzene rings is 2. The van der Waals surface area contributed by atoms with Gasteiger partial charge in [0.2, 0.25) is 0 Å². The number of methoxy groups -OCH3 is 1. The van der Waals surface area contributed by atoms with Crippen molar-refractivity contribution in [3.63, 3.8) is 0 Å². The Morgan fingerprint density at radius 3 is 2.58 bits per heavy atom. The molecule has 0 aliphatic carbocycles. The normalized spacial score (nSPS) is 10.4. The SMILES string of the molecule is COc1ccc(NC(=O)c2ccc(=O)n(Cc3cccc(C)c3)n2)cc1. The van der Waals surface area contributed by atoms with Crippen LogP contribution in [0.15, 0.2) is 65.5 Å². The van der Waals surface area contributed by atoms with E-state index in [-0.39, 0.29) is 17.2 Å². The second kappa shape index (κ2) is 7.65. The number of ether oxygens (including phenoxy) is 1. The van der Waals surface area contributed by atoms with Crippen molar-refractivity contribution in [1.29, 1.82) is 0 Å². The number of anilines is 1. The zero-order chi connectivity index (χ0) is 18.5. The molecule has 2 aromatic carbocycles. The minimum atomic E-state index is -0.381. The summed E-state index contributed by atoms with van der Waals surface area (Å²) in [4.78, 5) is 24.5. The van der Waals surface area contributed by atoms with Gasteiger partial charge in [-0.15, -0.1) is 0 Å². The molecule has 0 saturated carbocycles. The lowest BCUT2D eigenvalue weighted by Crippen LogP contribution is -2.26. The summed E-state index contributed by atoms with van der Waals surface area (Å²) in [6, 6.07) is 17.6. The Balaban J connectivity index is 1.79. The molecule has 6 heteroatoms. The fourth-order valence-corrected chi connectivity index (χ4v) is 2.54. The Morgan fingerprint density at radius 2 is 1.88 bits per heavy atom. The molecule has 26 heavy (non-hydrogen) atoms. The Morgan fingerprint density at radius 1 is 1.12 bits per heavy atom. The van der Waals surface area contributed by atoms with Gasteiger partial charge in [0.25, 0.3) is 11.5 Å². The van der Waals surface area contributed by atoms with Crippen molar-refractivity contribution in [3.8, 4) is 5.75 Å². The molecule has 0 radical (unpaired) electrons. The van der Waals surface area contributed by atoms with Crippen molar-refractivity contribution in [3.05, 3.63) is 87.8 Å². The number of hydrogen-bond acceptors (Lipinski definition) is 4. The molecule has 3 rings (SSSR count). The van der Waals surface area contributed by atoms with Gasteiger partial charge in [-0.3, -0.25) is 9.59 Å². The highest BCUT2D eigenvalue weighted by atomic mass is 16.5. The summed E-state index contributed by atoms with van der Waals surface area (Å²) >= 11 is 0. The van der Waals surface area contributed by atoms with E-state index in [1.54, 1.807) is 31.4 Å². The highest BCUT2D eigenvalue weighted by Gasteiger charge is 2.10. The van der Waals surface area contributed by atoms with Gasteiger partial charge in [-0.05, 0) is 42.8 Å². The van der Waals surface area contributed by atoms with E-state index >= 15 is 0 Å². The minimum absolute atomic E-state index is 0.174. The van der Waals surface area contributed by atoms with E-state index in [0.29, 0.717) is 18.0 Å². The fraction of sp³-hybridized carbons (Fsp3) is 0.150. The van der Waals surface area contributed by atoms with Crippen LogP contribution in [0.3, 0.4) is 0 Å². The summed E-state index contributed by atoms with van der Waals surface area (Å²) in [5.74, 6) is 0.320. The molecule has 0 atom stereocenters. The molecule has 0 saturated heterocycles. The second-order valence-corrected chi connectivity index (χ2v) is 5.89.